The molecule has 20 aromatic rings. The first-order chi connectivity index (χ1) is 49.5. The van der Waals surface area contributed by atoms with Gasteiger partial charge in [0.05, 0.1) is 5.69 Å². The number of fused-ring (bicyclic) bond motifs is 16. The summed E-state index contributed by atoms with van der Waals surface area (Å²) in [4.78, 5) is 4.67. The van der Waals surface area contributed by atoms with Crippen LogP contribution in [0.3, 0.4) is 0 Å². The van der Waals surface area contributed by atoms with Crippen LogP contribution in [-0.4, -0.2) is 0 Å². The van der Waals surface area contributed by atoms with Gasteiger partial charge in [-0.25, -0.2) is 0 Å². The molecule has 100 heavy (non-hydrogen) atoms. The van der Waals surface area contributed by atoms with Crippen LogP contribution in [0, 0.1) is 0 Å². The minimum atomic E-state index is 0.852. The lowest BCUT2D eigenvalue weighted by Crippen LogP contribution is -2.10. The highest BCUT2D eigenvalue weighted by molar-refractivity contribution is 6.20. The lowest BCUT2D eigenvalue weighted by atomic mass is 9.93. The summed E-state index contributed by atoms with van der Waals surface area (Å²) in [6.45, 7) is 0. The summed E-state index contributed by atoms with van der Waals surface area (Å²) in [6, 6.07) is 133. The summed E-state index contributed by atoms with van der Waals surface area (Å²) in [5, 5.41) is 19.4. The molecule has 0 unspecified atom stereocenters. The Balaban J connectivity index is 0.581. The van der Waals surface area contributed by atoms with E-state index < -0.39 is 0 Å². The van der Waals surface area contributed by atoms with Crippen molar-refractivity contribution in [3.8, 4) is 55.6 Å². The number of para-hydroxylation sites is 3. The molecule has 0 saturated heterocycles. The number of hydrogen-bond acceptors (Lipinski definition) is 4. The molecule has 466 valence electrons. The predicted octanol–water partition coefficient (Wildman–Crippen LogP) is 27.7. The average molecular weight is 1270 g/mol. The van der Waals surface area contributed by atoms with Crippen molar-refractivity contribution in [1.82, 2.24) is 0 Å². The molecule has 0 fully saturated rings. The Labute approximate surface area is 577 Å². The van der Waals surface area contributed by atoms with Crippen molar-refractivity contribution in [1.29, 1.82) is 0 Å². The molecule has 0 aliphatic rings. The fourth-order valence-electron chi connectivity index (χ4n) is 15.6. The maximum absolute atomic E-state index is 6.72. The number of nitrogens with zero attached hydrogens (tertiary/aromatic N) is 2. The molecule has 2 heterocycles. The lowest BCUT2D eigenvalue weighted by molar-refractivity contribution is 0.668. The Kier molecular flexibility index (Phi) is 13.2. The van der Waals surface area contributed by atoms with Gasteiger partial charge in [-0.15, -0.1) is 0 Å². The first-order valence-electron chi connectivity index (χ1n) is 34.2. The monoisotopic (exact) mass is 1270 g/mol. The Bertz CT molecular complexity index is 6610. The van der Waals surface area contributed by atoms with E-state index >= 15 is 0 Å². The van der Waals surface area contributed by atoms with Crippen molar-refractivity contribution in [2.45, 2.75) is 0 Å². The highest BCUT2D eigenvalue weighted by Crippen LogP contribution is 2.46. The second-order valence-electron chi connectivity index (χ2n) is 26.3. The Morgan fingerprint density at radius 2 is 0.510 bits per heavy atom. The number of anilines is 6. The van der Waals surface area contributed by atoms with E-state index in [9.17, 15) is 0 Å². The summed E-state index contributed by atoms with van der Waals surface area (Å²) in [5.41, 5.74) is 21.4. The van der Waals surface area contributed by atoms with E-state index in [1.807, 2.05) is 18.2 Å². The lowest BCUT2D eigenvalue weighted by Gasteiger charge is -2.26. The third-order valence-corrected chi connectivity index (χ3v) is 20.6. The standard InChI is InChI=1S/C96H60N2O2/c1-2-11-61(12-3-1)63-27-41-75(42-28-63)97(79-49-56-95-91(60-79)88-16-7-8-19-93(88)99-95)76-43-31-66(32-44-76)70-38-51-82-74(58-70)40-55-86-85(82)53-36-69-25-26-72(59-90(69)86)65-23-21-62(22-24-65)64-29-45-77(46-30-64)98(92-18-10-17-89-87-15-6-9-20-94(87)100-96(89)92)78-47-33-67(34-48-78)71-37-50-81-73(57-71)39-54-83-80-14-5-4-13-68(80)35-52-84(81)83/h1-60H. The van der Waals surface area contributed by atoms with E-state index in [4.69, 9.17) is 8.83 Å². The molecule has 4 nitrogen and oxygen atoms in total. The zero-order valence-corrected chi connectivity index (χ0v) is 54.4. The number of hydrogen-bond donors (Lipinski definition) is 0. The van der Waals surface area contributed by atoms with E-state index in [0.717, 1.165) is 100 Å². The number of benzene rings is 18. The van der Waals surface area contributed by atoms with Gasteiger partial charge in [-0.3, -0.25) is 0 Å². The third kappa shape index (κ3) is 9.68. The topological polar surface area (TPSA) is 32.8 Å². The van der Waals surface area contributed by atoms with E-state index in [1.165, 1.54) is 98.0 Å². The molecule has 0 bridgehead atoms. The van der Waals surface area contributed by atoms with Gasteiger partial charge < -0.3 is 18.6 Å². The fourth-order valence-corrected chi connectivity index (χ4v) is 15.6. The molecular weight excluding hydrogens is 1210 g/mol. The van der Waals surface area contributed by atoms with Crippen molar-refractivity contribution >= 4 is 143 Å². The second kappa shape index (κ2) is 23.2. The van der Waals surface area contributed by atoms with Crippen molar-refractivity contribution in [2.24, 2.45) is 0 Å². The zero-order chi connectivity index (χ0) is 65.8. The normalized spacial score (nSPS) is 11.8. The molecule has 0 amide bonds. The molecule has 0 aliphatic heterocycles. The minimum absolute atomic E-state index is 0.852. The van der Waals surface area contributed by atoms with Crippen LogP contribution >= 0.6 is 0 Å². The van der Waals surface area contributed by atoms with Gasteiger partial charge in [-0.05, 0) is 223 Å². The molecule has 18 aromatic carbocycles. The van der Waals surface area contributed by atoms with Gasteiger partial charge in [0, 0.05) is 50.0 Å². The molecular formula is C96H60N2O2. The van der Waals surface area contributed by atoms with Crippen molar-refractivity contribution in [3.63, 3.8) is 0 Å². The van der Waals surface area contributed by atoms with Gasteiger partial charge >= 0.3 is 0 Å². The smallest absolute Gasteiger partial charge is 0.159 e. The Hall–Kier alpha value is -13.3. The largest absolute Gasteiger partial charge is 0.456 e. The molecule has 0 spiro atoms. The van der Waals surface area contributed by atoms with Crippen LogP contribution in [0.25, 0.3) is 164 Å². The highest BCUT2D eigenvalue weighted by Gasteiger charge is 2.22. The summed E-state index contributed by atoms with van der Waals surface area (Å²) >= 11 is 0. The minimum Gasteiger partial charge on any atom is -0.456 e. The third-order valence-electron chi connectivity index (χ3n) is 20.6. The summed E-state index contributed by atoms with van der Waals surface area (Å²) in [6.07, 6.45) is 0. The second-order valence-corrected chi connectivity index (χ2v) is 26.3. The highest BCUT2D eigenvalue weighted by atomic mass is 16.3. The van der Waals surface area contributed by atoms with Crippen LogP contribution in [0.5, 0.6) is 0 Å². The molecule has 0 aliphatic carbocycles. The Morgan fingerprint density at radius 3 is 1.08 bits per heavy atom. The number of rotatable bonds is 11. The molecule has 0 radical (unpaired) electrons. The molecule has 0 N–H and O–H groups in total. The summed E-state index contributed by atoms with van der Waals surface area (Å²) < 4.78 is 13.0. The van der Waals surface area contributed by atoms with Gasteiger partial charge in [-0.2, -0.15) is 0 Å². The summed E-state index contributed by atoms with van der Waals surface area (Å²) in [5.74, 6) is 0. The van der Waals surface area contributed by atoms with Crippen LogP contribution in [0.4, 0.5) is 34.1 Å². The van der Waals surface area contributed by atoms with E-state index in [2.05, 4.69) is 356 Å². The van der Waals surface area contributed by atoms with Gasteiger partial charge in [0.2, 0.25) is 0 Å². The predicted molar refractivity (Wildman–Crippen MR) is 423 cm³/mol. The first kappa shape index (κ1) is 57.0. The summed E-state index contributed by atoms with van der Waals surface area (Å²) in [7, 11) is 0. The average Bonchev–Trinajstić information content (AvgIpc) is 0.985. The molecule has 0 atom stereocenters. The zero-order valence-electron chi connectivity index (χ0n) is 54.4. The van der Waals surface area contributed by atoms with Gasteiger partial charge in [-0.1, -0.05) is 261 Å². The van der Waals surface area contributed by atoms with Crippen LogP contribution < -0.4 is 9.80 Å². The molecule has 20 rings (SSSR count). The molecule has 4 heteroatoms. The van der Waals surface area contributed by atoms with Crippen LogP contribution in [0.1, 0.15) is 0 Å². The van der Waals surface area contributed by atoms with E-state index in [0.29, 0.717) is 0 Å². The molecule has 0 saturated carbocycles. The van der Waals surface area contributed by atoms with Crippen LogP contribution in [0.15, 0.2) is 373 Å². The molecule has 2 aromatic heterocycles. The SMILES string of the molecule is c1ccc(-c2ccc(N(c3ccc(-c4ccc5c(ccc6c7cc(-c8ccc(-c9ccc(N(c%10ccc(-c%11ccc%12c(ccc%13c%14ccccc%14ccc%12%13)c%11)cc%10)c%10cccc%11c%10oc%10ccccc%10%11)cc9)cc8)ccc7ccc56)c4)cc3)c3ccc4oc5ccccc5c4c3)cc2)cc1. The van der Waals surface area contributed by atoms with Gasteiger partial charge in [0.1, 0.15) is 16.7 Å². The van der Waals surface area contributed by atoms with Crippen LogP contribution in [-0.2, 0) is 0 Å². The van der Waals surface area contributed by atoms with E-state index in [-0.39, 0.29) is 0 Å². The number of furan rings is 2. The van der Waals surface area contributed by atoms with Crippen molar-refractivity contribution in [2.75, 3.05) is 9.80 Å². The maximum Gasteiger partial charge on any atom is 0.159 e. The van der Waals surface area contributed by atoms with Gasteiger partial charge in [0.15, 0.2) is 5.58 Å². The van der Waals surface area contributed by atoms with Crippen molar-refractivity contribution < 1.29 is 8.83 Å². The van der Waals surface area contributed by atoms with E-state index in [1.54, 1.807) is 0 Å². The van der Waals surface area contributed by atoms with Crippen molar-refractivity contribution in [3.05, 3.63) is 364 Å². The van der Waals surface area contributed by atoms with Crippen LogP contribution in [0.2, 0.25) is 0 Å². The quantitative estimate of drug-likeness (QED) is 0.121. The maximum atomic E-state index is 6.72. The van der Waals surface area contributed by atoms with Gasteiger partial charge in [0.25, 0.3) is 0 Å². The first-order valence-corrected chi connectivity index (χ1v) is 34.2. The fraction of sp³-hybridized carbons (Fsp3) is 0. The Morgan fingerprint density at radius 1 is 0.160 bits per heavy atom.